The molecule has 1 heterocycles. The highest BCUT2D eigenvalue weighted by molar-refractivity contribution is 9.10. The van der Waals surface area contributed by atoms with Crippen molar-refractivity contribution in [1.29, 1.82) is 0 Å². The number of hydrogen-bond donors (Lipinski definition) is 3. The summed E-state index contributed by atoms with van der Waals surface area (Å²) in [4.78, 5) is 15.4. The van der Waals surface area contributed by atoms with Crippen LogP contribution in [0, 0.1) is 0 Å². The van der Waals surface area contributed by atoms with Gasteiger partial charge in [-0.05, 0) is 54.1 Å². The Labute approximate surface area is 190 Å². The van der Waals surface area contributed by atoms with Gasteiger partial charge in [-0.1, -0.05) is 22.0 Å². The molecule has 0 bridgehead atoms. The quantitative estimate of drug-likeness (QED) is 0.419. The third kappa shape index (κ3) is 6.44. The van der Waals surface area contributed by atoms with Crippen LogP contribution in [0.15, 0.2) is 76.4 Å². The maximum atomic E-state index is 13.0. The second kappa shape index (κ2) is 9.57. The minimum atomic E-state index is -4.70. The third-order valence-electron chi connectivity index (χ3n) is 4.08. The van der Waals surface area contributed by atoms with Crippen molar-refractivity contribution < 1.29 is 26.4 Å². The SMILES string of the molecule is O=C(NCc1cccnc1)Nc1ccc(NS(=O)(=O)c2cc(Br)cc(C(F)(F)F)c2)cc1. The highest BCUT2D eigenvalue weighted by Crippen LogP contribution is 2.33. The summed E-state index contributed by atoms with van der Waals surface area (Å²) < 4.78 is 66.2. The van der Waals surface area contributed by atoms with Crippen LogP contribution >= 0.6 is 15.9 Å². The number of alkyl halides is 3. The van der Waals surface area contributed by atoms with Crippen LogP contribution in [0.1, 0.15) is 11.1 Å². The molecule has 2 amide bonds. The summed E-state index contributed by atoms with van der Waals surface area (Å²) >= 11 is 2.90. The van der Waals surface area contributed by atoms with Crippen LogP contribution in [-0.2, 0) is 22.7 Å². The number of urea groups is 1. The van der Waals surface area contributed by atoms with Gasteiger partial charge in [-0.25, -0.2) is 13.2 Å². The summed E-state index contributed by atoms with van der Waals surface area (Å²) in [7, 11) is -4.28. The molecule has 0 saturated carbocycles. The number of carbonyl (C=O) groups excluding carboxylic acids is 1. The van der Waals surface area contributed by atoms with E-state index in [0.717, 1.165) is 17.7 Å². The zero-order valence-corrected chi connectivity index (χ0v) is 18.6. The minimum Gasteiger partial charge on any atom is -0.334 e. The number of sulfonamides is 1. The van der Waals surface area contributed by atoms with E-state index >= 15 is 0 Å². The molecule has 0 atom stereocenters. The monoisotopic (exact) mass is 528 g/mol. The van der Waals surface area contributed by atoms with E-state index in [1.54, 1.807) is 24.5 Å². The molecule has 168 valence electrons. The smallest absolute Gasteiger partial charge is 0.334 e. The van der Waals surface area contributed by atoms with Gasteiger partial charge >= 0.3 is 12.2 Å². The fourth-order valence-corrected chi connectivity index (χ4v) is 4.35. The number of halogens is 4. The van der Waals surface area contributed by atoms with Crippen molar-refractivity contribution in [3.63, 3.8) is 0 Å². The number of nitrogens with zero attached hydrogens (tertiary/aromatic N) is 1. The molecule has 0 unspecified atom stereocenters. The third-order valence-corrected chi connectivity index (χ3v) is 5.90. The number of pyridine rings is 1. The van der Waals surface area contributed by atoms with Gasteiger partial charge in [-0.2, -0.15) is 13.2 Å². The molecule has 0 aliphatic carbocycles. The van der Waals surface area contributed by atoms with Gasteiger partial charge in [0.25, 0.3) is 10.0 Å². The summed E-state index contributed by atoms with van der Waals surface area (Å²) in [5.74, 6) is 0. The molecule has 7 nitrogen and oxygen atoms in total. The van der Waals surface area contributed by atoms with E-state index in [4.69, 9.17) is 0 Å². The maximum Gasteiger partial charge on any atom is 0.416 e. The van der Waals surface area contributed by atoms with E-state index in [2.05, 4.69) is 36.3 Å². The van der Waals surface area contributed by atoms with Crippen molar-refractivity contribution in [1.82, 2.24) is 10.3 Å². The Morgan fingerprint density at radius 2 is 1.72 bits per heavy atom. The number of nitrogens with one attached hydrogen (secondary N) is 3. The molecule has 2 aromatic carbocycles. The maximum absolute atomic E-state index is 13.0. The lowest BCUT2D eigenvalue weighted by atomic mass is 10.2. The van der Waals surface area contributed by atoms with Crippen LogP contribution in [0.4, 0.5) is 29.3 Å². The molecule has 0 saturated heterocycles. The Morgan fingerprint density at radius 1 is 1.03 bits per heavy atom. The summed E-state index contributed by atoms with van der Waals surface area (Å²) in [6.07, 6.45) is -1.46. The number of anilines is 2. The number of amides is 2. The molecule has 1 aromatic heterocycles. The topological polar surface area (TPSA) is 100 Å². The van der Waals surface area contributed by atoms with Gasteiger partial charge in [0.15, 0.2) is 0 Å². The summed E-state index contributed by atoms with van der Waals surface area (Å²) in [5.41, 5.74) is 0.219. The number of benzene rings is 2. The van der Waals surface area contributed by atoms with Crippen molar-refractivity contribution in [3.8, 4) is 0 Å². The van der Waals surface area contributed by atoms with Gasteiger partial charge in [-0.3, -0.25) is 9.71 Å². The first-order valence-electron chi connectivity index (χ1n) is 8.97. The van der Waals surface area contributed by atoms with Crippen molar-refractivity contribution in [3.05, 3.63) is 82.6 Å². The second-order valence-corrected chi connectivity index (χ2v) is 9.12. The Morgan fingerprint density at radius 3 is 2.34 bits per heavy atom. The molecule has 12 heteroatoms. The Kier molecular flexibility index (Phi) is 7.04. The number of carbonyl (C=O) groups is 1. The molecule has 0 radical (unpaired) electrons. The lowest BCUT2D eigenvalue weighted by Crippen LogP contribution is -2.28. The van der Waals surface area contributed by atoms with E-state index < -0.39 is 32.7 Å². The summed E-state index contributed by atoms with van der Waals surface area (Å²) in [6, 6.07) is 11.1. The first-order chi connectivity index (χ1) is 15.0. The summed E-state index contributed by atoms with van der Waals surface area (Å²) in [6.45, 7) is 0.268. The molecule has 3 rings (SSSR count). The standard InChI is InChI=1S/C20H16BrF3N4O3S/c21-15-8-14(20(22,23)24)9-18(10-15)32(30,31)28-17-5-3-16(4-6-17)27-19(29)26-12-13-2-1-7-25-11-13/h1-11,28H,12H2,(H2,26,27,29). The van der Waals surface area contributed by atoms with Gasteiger partial charge in [-0.15, -0.1) is 0 Å². The number of hydrogen-bond acceptors (Lipinski definition) is 4. The molecule has 3 N–H and O–H groups in total. The highest BCUT2D eigenvalue weighted by atomic mass is 79.9. The van der Waals surface area contributed by atoms with Crippen LogP contribution < -0.4 is 15.4 Å². The van der Waals surface area contributed by atoms with Crippen molar-refractivity contribution >= 4 is 43.4 Å². The van der Waals surface area contributed by atoms with Crippen LogP contribution in [0.5, 0.6) is 0 Å². The second-order valence-electron chi connectivity index (χ2n) is 6.53. The van der Waals surface area contributed by atoms with E-state index in [9.17, 15) is 26.4 Å². The highest BCUT2D eigenvalue weighted by Gasteiger charge is 2.32. The van der Waals surface area contributed by atoms with E-state index in [-0.39, 0.29) is 16.7 Å². The fourth-order valence-electron chi connectivity index (χ4n) is 2.58. The predicted octanol–water partition coefficient (Wildman–Crippen LogP) is 4.99. The number of rotatable bonds is 6. The molecule has 32 heavy (non-hydrogen) atoms. The lowest BCUT2D eigenvalue weighted by Gasteiger charge is -2.13. The molecule has 0 aliphatic heterocycles. The molecule has 0 aliphatic rings. The van der Waals surface area contributed by atoms with Crippen LogP contribution in [0.2, 0.25) is 0 Å². The first-order valence-corrected chi connectivity index (χ1v) is 11.2. The van der Waals surface area contributed by atoms with E-state index in [1.165, 1.54) is 24.3 Å². The zero-order valence-electron chi connectivity index (χ0n) is 16.2. The number of aromatic nitrogens is 1. The molecule has 0 fully saturated rings. The molecular formula is C20H16BrF3N4O3S. The lowest BCUT2D eigenvalue weighted by molar-refractivity contribution is -0.137. The average molecular weight is 529 g/mol. The molecule has 0 spiro atoms. The zero-order chi connectivity index (χ0) is 23.4. The van der Waals surface area contributed by atoms with Gasteiger partial charge in [0, 0.05) is 34.8 Å². The van der Waals surface area contributed by atoms with E-state index in [1.807, 2.05) is 0 Å². The van der Waals surface area contributed by atoms with Crippen LogP contribution in [0.25, 0.3) is 0 Å². The molecule has 3 aromatic rings. The van der Waals surface area contributed by atoms with Crippen molar-refractivity contribution in [2.24, 2.45) is 0 Å². The van der Waals surface area contributed by atoms with Crippen molar-refractivity contribution in [2.75, 3.05) is 10.0 Å². The van der Waals surface area contributed by atoms with Gasteiger partial charge in [0.2, 0.25) is 0 Å². The fraction of sp³-hybridized carbons (Fsp3) is 0.100. The van der Waals surface area contributed by atoms with E-state index in [0.29, 0.717) is 11.8 Å². The van der Waals surface area contributed by atoms with Gasteiger partial charge in [0.05, 0.1) is 10.5 Å². The first kappa shape index (κ1) is 23.5. The van der Waals surface area contributed by atoms with Gasteiger partial charge < -0.3 is 10.6 Å². The average Bonchev–Trinajstić information content (AvgIpc) is 2.73. The Bertz CT molecular complexity index is 1210. The van der Waals surface area contributed by atoms with Gasteiger partial charge in [0.1, 0.15) is 0 Å². The molecular weight excluding hydrogens is 513 g/mol. The predicted molar refractivity (Wildman–Crippen MR) is 116 cm³/mol. The Hall–Kier alpha value is -3.12. The van der Waals surface area contributed by atoms with Crippen LogP contribution in [0.3, 0.4) is 0 Å². The minimum absolute atomic E-state index is 0.0236. The van der Waals surface area contributed by atoms with Crippen molar-refractivity contribution in [2.45, 2.75) is 17.6 Å². The largest absolute Gasteiger partial charge is 0.416 e. The summed E-state index contributed by atoms with van der Waals surface area (Å²) in [5, 5.41) is 5.23. The Balaban J connectivity index is 1.65. The normalized spacial score (nSPS) is 11.6. The van der Waals surface area contributed by atoms with Crippen LogP contribution in [-0.4, -0.2) is 19.4 Å².